The number of nitrogens with one attached hydrogen (secondary N) is 2. The van der Waals surface area contributed by atoms with E-state index >= 15 is 4.39 Å². The van der Waals surface area contributed by atoms with E-state index in [0.717, 1.165) is 51.6 Å². The van der Waals surface area contributed by atoms with Gasteiger partial charge in [-0.3, -0.25) is 10.3 Å². The van der Waals surface area contributed by atoms with Crippen molar-refractivity contribution in [3.63, 3.8) is 0 Å². The van der Waals surface area contributed by atoms with E-state index in [1.807, 2.05) is 0 Å². The molecule has 1 heterocycles. The SMILES string of the molecule is C=N/C(NCC1CCN(C(O)C2CC2)CC1)=C(/F)C(=N)N(CC(=C)CCC(=C)C(F)(F)F)C1CC1. The van der Waals surface area contributed by atoms with Gasteiger partial charge in [0.1, 0.15) is 6.23 Å². The summed E-state index contributed by atoms with van der Waals surface area (Å²) in [5.41, 5.74) is -0.339. The highest BCUT2D eigenvalue weighted by Crippen LogP contribution is 2.35. The Bertz CT molecular complexity index is 839. The van der Waals surface area contributed by atoms with Crippen molar-refractivity contribution in [3.8, 4) is 0 Å². The average Bonchev–Trinajstić information content (AvgIpc) is 3.73. The Morgan fingerprint density at radius 3 is 2.26 bits per heavy atom. The predicted molar refractivity (Wildman–Crippen MR) is 130 cm³/mol. The second-order valence-electron chi connectivity index (χ2n) is 9.99. The number of aliphatic imine (C=N–C) groups is 1. The molecule has 6 nitrogen and oxygen atoms in total. The van der Waals surface area contributed by atoms with E-state index in [4.69, 9.17) is 5.41 Å². The molecule has 1 saturated heterocycles. The molecule has 3 aliphatic rings. The van der Waals surface area contributed by atoms with Crippen LogP contribution in [-0.2, 0) is 0 Å². The van der Waals surface area contributed by atoms with Crippen LogP contribution in [0, 0.1) is 17.2 Å². The van der Waals surface area contributed by atoms with E-state index in [1.165, 1.54) is 0 Å². The fourth-order valence-corrected chi connectivity index (χ4v) is 4.36. The predicted octanol–water partition coefficient (Wildman–Crippen LogP) is 4.75. The lowest BCUT2D eigenvalue weighted by molar-refractivity contribution is -0.0935. The third-order valence-corrected chi connectivity index (χ3v) is 7.05. The topological polar surface area (TPSA) is 75.0 Å². The van der Waals surface area contributed by atoms with Gasteiger partial charge in [-0.2, -0.15) is 17.6 Å². The molecule has 35 heavy (non-hydrogen) atoms. The van der Waals surface area contributed by atoms with Gasteiger partial charge in [0, 0.05) is 37.8 Å². The lowest BCUT2D eigenvalue weighted by Gasteiger charge is -2.35. The van der Waals surface area contributed by atoms with E-state index in [9.17, 15) is 18.3 Å². The zero-order valence-electron chi connectivity index (χ0n) is 20.2. The minimum Gasteiger partial charge on any atom is -0.378 e. The van der Waals surface area contributed by atoms with E-state index in [2.05, 4.69) is 35.1 Å². The molecule has 1 atom stereocenters. The maximum atomic E-state index is 15.2. The van der Waals surface area contributed by atoms with E-state index in [-0.39, 0.29) is 49.2 Å². The van der Waals surface area contributed by atoms with Crippen LogP contribution in [0.2, 0.25) is 0 Å². The Balaban J connectivity index is 1.51. The van der Waals surface area contributed by atoms with Crippen LogP contribution < -0.4 is 5.32 Å². The molecule has 3 fully saturated rings. The number of allylic oxidation sites excluding steroid dienone is 1. The molecule has 0 spiro atoms. The highest BCUT2D eigenvalue weighted by molar-refractivity contribution is 5.95. The molecule has 1 aliphatic heterocycles. The molecule has 0 amide bonds. The summed E-state index contributed by atoms with van der Waals surface area (Å²) in [6.45, 7) is 12.5. The van der Waals surface area contributed by atoms with Crippen molar-refractivity contribution in [3.05, 3.63) is 36.0 Å². The van der Waals surface area contributed by atoms with Crippen LogP contribution in [0.5, 0.6) is 0 Å². The third kappa shape index (κ3) is 7.90. The monoisotopic (exact) mass is 499 g/mol. The van der Waals surface area contributed by atoms with E-state index in [1.54, 1.807) is 4.90 Å². The highest BCUT2D eigenvalue weighted by Gasteiger charge is 2.36. The van der Waals surface area contributed by atoms with Crippen LogP contribution in [0.15, 0.2) is 40.9 Å². The van der Waals surface area contributed by atoms with Crippen molar-refractivity contribution < 1.29 is 22.7 Å². The summed E-state index contributed by atoms with van der Waals surface area (Å²) in [4.78, 5) is 7.41. The molecular weight excluding hydrogens is 462 g/mol. The number of halogens is 4. The number of rotatable bonds is 13. The third-order valence-electron chi connectivity index (χ3n) is 7.05. The van der Waals surface area contributed by atoms with Gasteiger partial charge in [-0.1, -0.05) is 18.7 Å². The molecule has 3 rings (SSSR count). The van der Waals surface area contributed by atoms with Gasteiger partial charge in [0.05, 0.1) is 0 Å². The molecule has 2 aliphatic carbocycles. The molecule has 0 bridgehead atoms. The maximum absolute atomic E-state index is 15.2. The first-order valence-electron chi connectivity index (χ1n) is 12.3. The quantitative estimate of drug-likeness (QED) is 0.148. The van der Waals surface area contributed by atoms with Crippen LogP contribution in [0.3, 0.4) is 0 Å². The number of hydrogen-bond acceptors (Lipinski definition) is 5. The molecule has 0 aromatic heterocycles. The largest absolute Gasteiger partial charge is 0.412 e. The minimum atomic E-state index is -4.44. The normalized spacial score (nSPS) is 21.2. The van der Waals surface area contributed by atoms with E-state index in [0.29, 0.717) is 18.0 Å². The molecular formula is C25H37F4N5O. The Morgan fingerprint density at radius 1 is 1.11 bits per heavy atom. The van der Waals surface area contributed by atoms with Gasteiger partial charge in [-0.15, -0.1) is 0 Å². The van der Waals surface area contributed by atoms with Gasteiger partial charge in [-0.25, -0.2) is 4.99 Å². The van der Waals surface area contributed by atoms with Gasteiger partial charge in [0.15, 0.2) is 11.7 Å². The Hall–Kier alpha value is -2.20. The van der Waals surface area contributed by atoms with Crippen molar-refractivity contribution in [1.82, 2.24) is 15.1 Å². The summed E-state index contributed by atoms with van der Waals surface area (Å²) in [6.07, 6.45) is 0.478. The van der Waals surface area contributed by atoms with Crippen molar-refractivity contribution in [2.45, 2.75) is 69.8 Å². The van der Waals surface area contributed by atoms with Crippen LogP contribution >= 0.6 is 0 Å². The number of alkyl halides is 3. The number of likely N-dealkylation sites (tertiary alicyclic amines) is 1. The molecule has 0 aromatic carbocycles. The van der Waals surface area contributed by atoms with Gasteiger partial charge in [0.2, 0.25) is 5.83 Å². The summed E-state index contributed by atoms with van der Waals surface area (Å²) < 4.78 is 53.3. The molecule has 0 radical (unpaired) electrons. The number of hydrogen-bond donors (Lipinski definition) is 3. The zero-order chi connectivity index (χ0) is 25.8. The lowest BCUT2D eigenvalue weighted by Crippen LogP contribution is -2.44. The molecule has 2 saturated carbocycles. The summed E-state index contributed by atoms with van der Waals surface area (Å²) in [6, 6.07) is -0.0379. The number of amidine groups is 1. The summed E-state index contributed by atoms with van der Waals surface area (Å²) in [5.74, 6) is -0.602. The van der Waals surface area contributed by atoms with Crippen molar-refractivity contribution >= 4 is 12.6 Å². The summed E-state index contributed by atoms with van der Waals surface area (Å²) >= 11 is 0. The standard InChI is InChI=1S/C25H37F4N5O/c1-16(4-5-17(2)25(27,28)29)15-34(20-8-9-20)22(30)21(26)23(31-3)32-14-18-10-12-33(13-11-18)24(35)19-6-7-19/h18-20,24,30,32,35H,1-15H2/b23-21-,30-22?. The van der Waals surface area contributed by atoms with Crippen LogP contribution in [-0.4, -0.2) is 72.1 Å². The second-order valence-corrected chi connectivity index (χ2v) is 9.99. The number of nitrogens with zero attached hydrogens (tertiary/aromatic N) is 3. The first kappa shape index (κ1) is 27.4. The number of aliphatic hydroxyl groups excluding tert-OH is 1. The van der Waals surface area contributed by atoms with Gasteiger partial charge in [0.25, 0.3) is 0 Å². The smallest absolute Gasteiger partial charge is 0.378 e. The molecule has 10 heteroatoms. The Morgan fingerprint density at radius 2 is 1.74 bits per heavy atom. The van der Waals surface area contributed by atoms with Gasteiger partial charge < -0.3 is 15.3 Å². The van der Waals surface area contributed by atoms with Crippen molar-refractivity contribution in [1.29, 1.82) is 5.41 Å². The fourth-order valence-electron chi connectivity index (χ4n) is 4.36. The molecule has 0 aromatic rings. The summed E-state index contributed by atoms with van der Waals surface area (Å²) in [5, 5.41) is 21.7. The second kappa shape index (κ2) is 11.7. The molecule has 196 valence electrons. The van der Waals surface area contributed by atoms with Gasteiger partial charge in [-0.05, 0) is 69.9 Å². The van der Waals surface area contributed by atoms with Gasteiger partial charge >= 0.3 is 6.18 Å². The lowest BCUT2D eigenvalue weighted by atomic mass is 9.96. The van der Waals surface area contributed by atoms with Crippen LogP contribution in [0.25, 0.3) is 0 Å². The van der Waals surface area contributed by atoms with Crippen molar-refractivity contribution in [2.75, 3.05) is 26.2 Å². The van der Waals surface area contributed by atoms with Crippen molar-refractivity contribution in [2.24, 2.45) is 16.8 Å². The Kier molecular flexibility index (Phi) is 9.15. The van der Waals surface area contributed by atoms with Crippen LogP contribution in [0.1, 0.15) is 51.4 Å². The molecule has 3 N–H and O–H groups in total. The van der Waals surface area contributed by atoms with Crippen LogP contribution in [0.4, 0.5) is 17.6 Å². The average molecular weight is 500 g/mol. The Labute approximate surface area is 205 Å². The number of aliphatic hydroxyl groups is 1. The first-order chi connectivity index (χ1) is 16.5. The zero-order valence-corrected chi connectivity index (χ0v) is 20.2. The first-order valence-corrected chi connectivity index (χ1v) is 12.3. The fraction of sp³-hybridized carbons (Fsp3) is 0.680. The summed E-state index contributed by atoms with van der Waals surface area (Å²) in [7, 11) is 0. The number of piperidine rings is 1. The molecule has 1 unspecified atom stereocenters. The van der Waals surface area contributed by atoms with E-state index < -0.39 is 17.6 Å². The maximum Gasteiger partial charge on any atom is 0.412 e. The minimum absolute atomic E-state index is 0.0379. The highest BCUT2D eigenvalue weighted by atomic mass is 19.4.